The number of aryl methyl sites for hydroxylation is 1. The van der Waals surface area contributed by atoms with Gasteiger partial charge in [0.2, 0.25) is 5.76 Å². The second kappa shape index (κ2) is 5.72. The monoisotopic (exact) mass is 313 g/mol. The molecule has 1 aromatic carbocycles. The van der Waals surface area contributed by atoms with E-state index in [4.69, 9.17) is 14.9 Å². The third-order valence-electron chi connectivity index (χ3n) is 3.76. The van der Waals surface area contributed by atoms with E-state index < -0.39 is 11.9 Å². The lowest BCUT2D eigenvalue weighted by Crippen LogP contribution is -2.15. The van der Waals surface area contributed by atoms with Crippen molar-refractivity contribution in [1.29, 1.82) is 0 Å². The number of benzene rings is 1. The molecule has 1 aromatic heterocycles. The van der Waals surface area contributed by atoms with Gasteiger partial charge in [0.05, 0.1) is 5.52 Å². The fourth-order valence-corrected chi connectivity index (χ4v) is 2.75. The molecule has 0 saturated carbocycles. The number of fused-ring (bicyclic) bond motifs is 2. The predicted molar refractivity (Wildman–Crippen MR) is 82.7 cm³/mol. The van der Waals surface area contributed by atoms with Gasteiger partial charge >= 0.3 is 11.9 Å². The highest BCUT2D eigenvalue weighted by Gasteiger charge is 2.23. The molecule has 6 nitrogen and oxygen atoms in total. The van der Waals surface area contributed by atoms with Crippen molar-refractivity contribution in [1.82, 2.24) is 4.98 Å². The summed E-state index contributed by atoms with van der Waals surface area (Å²) in [6.07, 6.45) is 3.43. The van der Waals surface area contributed by atoms with Crippen LogP contribution in [0.15, 0.2) is 30.0 Å². The molecule has 0 radical (unpaired) electrons. The molecule has 0 amide bonds. The average Bonchev–Trinajstić information content (AvgIpc) is 2.53. The Morgan fingerprint density at radius 3 is 2.70 bits per heavy atom. The molecule has 118 valence electrons. The van der Waals surface area contributed by atoms with Crippen molar-refractivity contribution in [2.45, 2.75) is 26.2 Å². The summed E-state index contributed by atoms with van der Waals surface area (Å²) in [5.74, 6) is -1.83. The van der Waals surface area contributed by atoms with Crippen LogP contribution in [-0.4, -0.2) is 27.1 Å². The first-order valence-corrected chi connectivity index (χ1v) is 7.31. The van der Waals surface area contributed by atoms with Crippen molar-refractivity contribution in [3.8, 4) is 5.75 Å². The first-order chi connectivity index (χ1) is 11.0. The van der Waals surface area contributed by atoms with Crippen molar-refractivity contribution < 1.29 is 24.5 Å². The molecule has 0 atom stereocenters. The summed E-state index contributed by atoms with van der Waals surface area (Å²) < 4.78 is 5.56. The zero-order valence-electron chi connectivity index (χ0n) is 12.5. The van der Waals surface area contributed by atoms with Gasteiger partial charge in [-0.2, -0.15) is 0 Å². The number of carboxylic acid groups (broad SMARTS) is 2. The molecule has 0 saturated heterocycles. The van der Waals surface area contributed by atoms with E-state index in [1.165, 1.54) is 12.1 Å². The van der Waals surface area contributed by atoms with Crippen LogP contribution >= 0.6 is 0 Å². The van der Waals surface area contributed by atoms with E-state index in [9.17, 15) is 9.59 Å². The Morgan fingerprint density at radius 1 is 1.26 bits per heavy atom. The van der Waals surface area contributed by atoms with E-state index in [2.05, 4.69) is 4.98 Å². The van der Waals surface area contributed by atoms with Gasteiger partial charge < -0.3 is 14.9 Å². The Morgan fingerprint density at radius 2 is 2.04 bits per heavy atom. The number of carboxylic acids is 2. The lowest BCUT2D eigenvalue weighted by Gasteiger charge is -2.20. The Hall–Kier alpha value is -2.89. The van der Waals surface area contributed by atoms with Crippen LogP contribution in [0.1, 0.15) is 35.0 Å². The number of rotatable bonds is 4. The van der Waals surface area contributed by atoms with Gasteiger partial charge in [-0.15, -0.1) is 0 Å². The highest BCUT2D eigenvalue weighted by molar-refractivity contribution is 5.93. The topological polar surface area (TPSA) is 96.7 Å². The van der Waals surface area contributed by atoms with Crippen molar-refractivity contribution >= 4 is 22.8 Å². The summed E-state index contributed by atoms with van der Waals surface area (Å²) in [7, 11) is 0. The Kier molecular flexibility index (Phi) is 3.73. The van der Waals surface area contributed by atoms with E-state index in [1.807, 2.05) is 13.0 Å². The maximum absolute atomic E-state index is 11.2. The highest BCUT2D eigenvalue weighted by Crippen LogP contribution is 2.36. The normalized spacial score (nSPS) is 13.2. The molecule has 0 fully saturated rings. The van der Waals surface area contributed by atoms with Gasteiger partial charge in [0.1, 0.15) is 11.4 Å². The molecule has 23 heavy (non-hydrogen) atoms. The number of aromatic nitrogens is 1. The van der Waals surface area contributed by atoms with Crippen molar-refractivity contribution in [3.05, 3.63) is 46.9 Å². The summed E-state index contributed by atoms with van der Waals surface area (Å²) in [5.41, 5.74) is 2.16. The van der Waals surface area contributed by atoms with Crippen LogP contribution in [0.2, 0.25) is 0 Å². The van der Waals surface area contributed by atoms with Gasteiger partial charge in [-0.25, -0.2) is 14.6 Å². The Labute approximate surface area is 132 Å². The predicted octanol–water partition coefficient (Wildman–Crippen LogP) is 2.79. The number of hydrogen-bond acceptors (Lipinski definition) is 4. The van der Waals surface area contributed by atoms with E-state index in [-0.39, 0.29) is 11.5 Å². The van der Waals surface area contributed by atoms with E-state index >= 15 is 0 Å². The number of aliphatic carboxylic acids is 1. The first-order valence-electron chi connectivity index (χ1n) is 7.31. The van der Waals surface area contributed by atoms with Gasteiger partial charge in [0.25, 0.3) is 0 Å². The van der Waals surface area contributed by atoms with Gasteiger partial charge in [-0.1, -0.05) is 19.4 Å². The van der Waals surface area contributed by atoms with Crippen LogP contribution < -0.4 is 4.74 Å². The van der Waals surface area contributed by atoms with Crippen LogP contribution in [0.5, 0.6) is 5.75 Å². The minimum Gasteiger partial charge on any atom is -0.477 e. The fraction of sp³-hybridized carbons (Fsp3) is 0.235. The number of pyridine rings is 1. The van der Waals surface area contributed by atoms with Crippen LogP contribution in [0.4, 0.5) is 0 Å². The molecule has 0 bridgehead atoms. The quantitative estimate of drug-likeness (QED) is 0.901. The number of aromatic carboxylic acids is 1. The van der Waals surface area contributed by atoms with Crippen molar-refractivity contribution in [3.63, 3.8) is 0 Å². The molecule has 0 aliphatic carbocycles. The summed E-state index contributed by atoms with van der Waals surface area (Å²) in [6, 6.07) is 5.06. The van der Waals surface area contributed by atoms with Crippen LogP contribution in [0.25, 0.3) is 10.9 Å². The lowest BCUT2D eigenvalue weighted by atomic mass is 9.96. The zero-order valence-corrected chi connectivity index (χ0v) is 12.5. The van der Waals surface area contributed by atoms with Gasteiger partial charge in [0, 0.05) is 10.9 Å². The number of allylic oxidation sites excluding steroid dienone is 1. The molecule has 2 aromatic rings. The molecule has 1 aliphatic rings. The van der Waals surface area contributed by atoms with Gasteiger partial charge in [-0.3, -0.25) is 0 Å². The minimum absolute atomic E-state index is 0.0420. The standard InChI is InChI=1S/C17H15NO5/c1-2-3-11-14-9(4-6-12(18-14)16(19)20)8-10-5-7-13(17(21)22)23-15(10)11/h4,6-8H,2-3,5H2,1H3,(H,19,20)(H,21,22). The molecular formula is C17H15NO5. The summed E-state index contributed by atoms with van der Waals surface area (Å²) in [6.45, 7) is 1.99. The molecular weight excluding hydrogens is 298 g/mol. The number of hydrogen-bond donors (Lipinski definition) is 2. The van der Waals surface area contributed by atoms with Crippen LogP contribution in [0.3, 0.4) is 0 Å². The highest BCUT2D eigenvalue weighted by atomic mass is 16.5. The van der Waals surface area contributed by atoms with Crippen molar-refractivity contribution in [2.75, 3.05) is 0 Å². The van der Waals surface area contributed by atoms with Crippen molar-refractivity contribution in [2.24, 2.45) is 0 Å². The van der Waals surface area contributed by atoms with E-state index in [0.717, 1.165) is 22.9 Å². The molecule has 3 rings (SSSR count). The average molecular weight is 313 g/mol. The molecule has 2 N–H and O–H groups in total. The number of nitrogens with zero attached hydrogens (tertiary/aromatic N) is 1. The smallest absolute Gasteiger partial charge is 0.371 e. The largest absolute Gasteiger partial charge is 0.477 e. The number of ether oxygens (including phenoxy) is 1. The van der Waals surface area contributed by atoms with Crippen LogP contribution in [-0.2, 0) is 17.6 Å². The van der Waals surface area contributed by atoms with E-state index in [1.54, 1.807) is 6.07 Å². The van der Waals surface area contributed by atoms with Gasteiger partial charge in [-0.05, 0) is 36.6 Å². The molecule has 0 spiro atoms. The summed E-state index contributed by atoms with van der Waals surface area (Å²) in [5, 5.41) is 19.1. The Bertz CT molecular complexity index is 854. The Balaban J connectivity index is 2.24. The molecule has 2 heterocycles. The minimum atomic E-state index is -1.12. The maximum Gasteiger partial charge on any atom is 0.371 e. The lowest BCUT2D eigenvalue weighted by molar-refractivity contribution is -0.135. The second-order valence-electron chi connectivity index (χ2n) is 5.35. The summed E-state index contributed by atoms with van der Waals surface area (Å²) in [4.78, 5) is 26.5. The second-order valence-corrected chi connectivity index (χ2v) is 5.35. The van der Waals surface area contributed by atoms with Gasteiger partial charge in [0.15, 0.2) is 0 Å². The molecule has 6 heteroatoms. The third kappa shape index (κ3) is 2.63. The zero-order chi connectivity index (χ0) is 16.6. The first kappa shape index (κ1) is 15.0. The molecule has 1 aliphatic heterocycles. The molecule has 0 unspecified atom stereocenters. The SMILES string of the molecule is CCCc1c2c(cc3ccc(C(=O)O)nc13)CC=C(C(=O)O)O2. The fourth-order valence-electron chi connectivity index (χ4n) is 2.75. The maximum atomic E-state index is 11.2. The van der Waals surface area contributed by atoms with E-state index in [0.29, 0.717) is 24.1 Å². The summed E-state index contributed by atoms with van der Waals surface area (Å²) >= 11 is 0. The number of carbonyl (C=O) groups is 2. The third-order valence-corrected chi connectivity index (χ3v) is 3.76. The van der Waals surface area contributed by atoms with Crippen LogP contribution in [0, 0.1) is 0 Å².